The zero-order chi connectivity index (χ0) is 12.5. The van der Waals surface area contributed by atoms with Gasteiger partial charge in [-0.05, 0) is 6.07 Å². The van der Waals surface area contributed by atoms with Crippen molar-refractivity contribution in [3.63, 3.8) is 0 Å². The van der Waals surface area contributed by atoms with Gasteiger partial charge in [-0.15, -0.1) is 11.3 Å². The van der Waals surface area contributed by atoms with Crippen LogP contribution in [-0.2, 0) is 7.05 Å². The molecule has 0 amide bonds. The van der Waals surface area contributed by atoms with E-state index in [9.17, 15) is 0 Å². The number of thiazole rings is 1. The molecular weight excluding hydrogens is 244 g/mol. The highest BCUT2D eigenvalue weighted by Crippen LogP contribution is 2.27. The number of aromatic nitrogens is 3. The van der Waals surface area contributed by atoms with E-state index in [0.717, 1.165) is 22.6 Å². The second-order valence-corrected chi connectivity index (χ2v) is 4.87. The Morgan fingerprint density at radius 2 is 1.94 bits per heavy atom. The lowest BCUT2D eigenvalue weighted by Crippen LogP contribution is -1.94. The molecular formula is C13H12N4S. The zero-order valence-corrected chi connectivity index (χ0v) is 10.7. The van der Waals surface area contributed by atoms with E-state index in [4.69, 9.17) is 5.73 Å². The van der Waals surface area contributed by atoms with Crippen molar-refractivity contribution in [1.82, 2.24) is 14.8 Å². The molecule has 2 aromatic heterocycles. The molecule has 2 heterocycles. The van der Waals surface area contributed by atoms with Crippen LogP contribution < -0.4 is 5.73 Å². The number of nitrogen functional groups attached to an aromatic ring is 1. The molecule has 0 saturated carbocycles. The Kier molecular flexibility index (Phi) is 2.60. The van der Waals surface area contributed by atoms with Crippen molar-refractivity contribution in [3.8, 4) is 22.6 Å². The second-order valence-electron chi connectivity index (χ2n) is 3.98. The lowest BCUT2D eigenvalue weighted by Gasteiger charge is -1.95. The molecule has 0 aliphatic carbocycles. The van der Waals surface area contributed by atoms with Crippen molar-refractivity contribution < 1.29 is 0 Å². The van der Waals surface area contributed by atoms with Crippen LogP contribution in [0.2, 0.25) is 0 Å². The summed E-state index contributed by atoms with van der Waals surface area (Å²) >= 11 is 1.44. The molecule has 0 unspecified atom stereocenters. The van der Waals surface area contributed by atoms with E-state index in [2.05, 4.69) is 10.1 Å². The molecule has 0 aliphatic heterocycles. The van der Waals surface area contributed by atoms with Crippen LogP contribution >= 0.6 is 11.3 Å². The number of nitrogens with two attached hydrogens (primary N) is 1. The third-order valence-electron chi connectivity index (χ3n) is 2.73. The SMILES string of the molecule is Cn1nc(-c2ccccc2)cc1-c1csc(N)n1. The molecule has 3 rings (SSSR count). The van der Waals surface area contributed by atoms with Crippen LogP contribution in [0.1, 0.15) is 0 Å². The van der Waals surface area contributed by atoms with Crippen molar-refractivity contribution in [2.45, 2.75) is 0 Å². The van der Waals surface area contributed by atoms with E-state index in [1.165, 1.54) is 11.3 Å². The number of aryl methyl sites for hydroxylation is 1. The van der Waals surface area contributed by atoms with E-state index in [0.29, 0.717) is 5.13 Å². The van der Waals surface area contributed by atoms with Gasteiger partial charge in [0, 0.05) is 18.0 Å². The Morgan fingerprint density at radius 1 is 1.17 bits per heavy atom. The fourth-order valence-electron chi connectivity index (χ4n) is 1.86. The summed E-state index contributed by atoms with van der Waals surface area (Å²) in [6.45, 7) is 0. The van der Waals surface area contributed by atoms with Gasteiger partial charge in [0.05, 0.1) is 11.4 Å². The molecule has 5 heteroatoms. The van der Waals surface area contributed by atoms with E-state index < -0.39 is 0 Å². The van der Waals surface area contributed by atoms with E-state index in [-0.39, 0.29) is 0 Å². The summed E-state index contributed by atoms with van der Waals surface area (Å²) < 4.78 is 1.83. The van der Waals surface area contributed by atoms with Crippen molar-refractivity contribution >= 4 is 16.5 Å². The molecule has 90 valence electrons. The summed E-state index contributed by atoms with van der Waals surface area (Å²) in [4.78, 5) is 4.28. The Morgan fingerprint density at radius 3 is 2.61 bits per heavy atom. The maximum atomic E-state index is 5.66. The first kappa shape index (κ1) is 11.0. The average Bonchev–Trinajstić information content (AvgIpc) is 2.97. The zero-order valence-electron chi connectivity index (χ0n) is 9.87. The summed E-state index contributed by atoms with van der Waals surface area (Å²) in [6, 6.07) is 12.1. The number of rotatable bonds is 2. The van der Waals surface area contributed by atoms with Gasteiger partial charge in [-0.2, -0.15) is 5.10 Å². The van der Waals surface area contributed by atoms with Crippen LogP contribution in [-0.4, -0.2) is 14.8 Å². The number of anilines is 1. The highest BCUT2D eigenvalue weighted by molar-refractivity contribution is 7.13. The molecule has 0 saturated heterocycles. The maximum Gasteiger partial charge on any atom is 0.180 e. The highest BCUT2D eigenvalue weighted by atomic mass is 32.1. The second kappa shape index (κ2) is 4.27. The quantitative estimate of drug-likeness (QED) is 0.767. The minimum atomic E-state index is 0.576. The fourth-order valence-corrected chi connectivity index (χ4v) is 2.42. The lowest BCUT2D eigenvalue weighted by atomic mass is 10.1. The largest absolute Gasteiger partial charge is 0.375 e. The monoisotopic (exact) mass is 256 g/mol. The third-order valence-corrected chi connectivity index (χ3v) is 3.41. The molecule has 0 spiro atoms. The van der Waals surface area contributed by atoms with E-state index in [1.807, 2.05) is 53.5 Å². The van der Waals surface area contributed by atoms with Gasteiger partial charge >= 0.3 is 0 Å². The fraction of sp³-hybridized carbons (Fsp3) is 0.0769. The summed E-state index contributed by atoms with van der Waals surface area (Å²) in [6.07, 6.45) is 0. The van der Waals surface area contributed by atoms with Crippen molar-refractivity contribution in [1.29, 1.82) is 0 Å². The van der Waals surface area contributed by atoms with Gasteiger partial charge in [-0.3, -0.25) is 4.68 Å². The van der Waals surface area contributed by atoms with Gasteiger partial charge in [0.25, 0.3) is 0 Å². The summed E-state index contributed by atoms with van der Waals surface area (Å²) in [5, 5.41) is 7.03. The van der Waals surface area contributed by atoms with Gasteiger partial charge in [0.15, 0.2) is 5.13 Å². The van der Waals surface area contributed by atoms with Crippen molar-refractivity contribution in [2.75, 3.05) is 5.73 Å². The van der Waals surface area contributed by atoms with Gasteiger partial charge < -0.3 is 5.73 Å². The summed E-state index contributed by atoms with van der Waals surface area (Å²) in [5.74, 6) is 0. The lowest BCUT2D eigenvalue weighted by molar-refractivity contribution is 0.777. The average molecular weight is 256 g/mol. The molecule has 0 fully saturated rings. The molecule has 1 aromatic carbocycles. The summed E-state index contributed by atoms with van der Waals surface area (Å²) in [5.41, 5.74) is 9.55. The number of hydrogen-bond donors (Lipinski definition) is 1. The molecule has 0 radical (unpaired) electrons. The Balaban J connectivity index is 2.06. The molecule has 4 nitrogen and oxygen atoms in total. The molecule has 2 N–H and O–H groups in total. The van der Waals surface area contributed by atoms with Crippen LogP contribution in [0.4, 0.5) is 5.13 Å². The van der Waals surface area contributed by atoms with Crippen LogP contribution in [0.15, 0.2) is 41.8 Å². The molecule has 3 aromatic rings. The van der Waals surface area contributed by atoms with Crippen LogP contribution in [0, 0.1) is 0 Å². The first-order chi connectivity index (χ1) is 8.74. The van der Waals surface area contributed by atoms with Gasteiger partial charge in [0.1, 0.15) is 5.69 Å². The van der Waals surface area contributed by atoms with Gasteiger partial charge in [-0.25, -0.2) is 4.98 Å². The summed E-state index contributed by atoms with van der Waals surface area (Å²) in [7, 11) is 1.91. The van der Waals surface area contributed by atoms with Gasteiger partial charge in [-0.1, -0.05) is 30.3 Å². The Hall–Kier alpha value is -2.14. The predicted molar refractivity (Wildman–Crippen MR) is 74.2 cm³/mol. The third kappa shape index (κ3) is 1.89. The van der Waals surface area contributed by atoms with Gasteiger partial charge in [0.2, 0.25) is 0 Å². The highest BCUT2D eigenvalue weighted by Gasteiger charge is 2.11. The first-order valence-corrected chi connectivity index (χ1v) is 6.43. The molecule has 0 atom stereocenters. The van der Waals surface area contributed by atoms with Crippen LogP contribution in [0.3, 0.4) is 0 Å². The van der Waals surface area contributed by atoms with Crippen LogP contribution in [0.25, 0.3) is 22.6 Å². The van der Waals surface area contributed by atoms with Crippen molar-refractivity contribution in [2.24, 2.45) is 7.05 Å². The molecule has 18 heavy (non-hydrogen) atoms. The molecule has 0 bridgehead atoms. The minimum absolute atomic E-state index is 0.576. The van der Waals surface area contributed by atoms with E-state index in [1.54, 1.807) is 0 Å². The predicted octanol–water partition coefficient (Wildman–Crippen LogP) is 2.79. The molecule has 0 aliphatic rings. The normalized spacial score (nSPS) is 10.7. The Labute approximate surface area is 109 Å². The first-order valence-electron chi connectivity index (χ1n) is 5.55. The minimum Gasteiger partial charge on any atom is -0.375 e. The number of benzene rings is 1. The maximum absolute atomic E-state index is 5.66. The standard InChI is InChI=1S/C13H12N4S/c1-17-12(11-8-18-13(14)15-11)7-10(16-17)9-5-3-2-4-6-9/h2-8H,1H3,(H2,14,15). The van der Waals surface area contributed by atoms with Crippen molar-refractivity contribution in [3.05, 3.63) is 41.8 Å². The number of hydrogen-bond acceptors (Lipinski definition) is 4. The number of nitrogens with zero attached hydrogens (tertiary/aromatic N) is 3. The van der Waals surface area contributed by atoms with Crippen LogP contribution in [0.5, 0.6) is 0 Å². The smallest absolute Gasteiger partial charge is 0.180 e. The Bertz CT molecular complexity index is 669. The topological polar surface area (TPSA) is 56.7 Å². The van der Waals surface area contributed by atoms with E-state index >= 15 is 0 Å².